The molecular formula is C10H12N4O2. The standard InChI is InChI=1S/C10H12N4O2/c1-7-2-3-8(11-4-7)13-10(16)14-5-9(15)12-6-14/h2-4H,5-6H2,1H3,(H,12,15)(H,11,13,16). The van der Waals surface area contributed by atoms with Crippen LogP contribution in [0.3, 0.4) is 0 Å². The van der Waals surface area contributed by atoms with Crippen molar-refractivity contribution >= 4 is 17.8 Å². The first-order valence-corrected chi connectivity index (χ1v) is 4.90. The molecule has 0 bridgehead atoms. The van der Waals surface area contributed by atoms with E-state index < -0.39 is 0 Å². The average molecular weight is 220 g/mol. The van der Waals surface area contributed by atoms with Crippen molar-refractivity contribution in [2.45, 2.75) is 6.92 Å². The molecule has 2 N–H and O–H groups in total. The van der Waals surface area contributed by atoms with Gasteiger partial charge < -0.3 is 5.32 Å². The fourth-order valence-corrected chi connectivity index (χ4v) is 1.34. The van der Waals surface area contributed by atoms with Crippen LogP contribution < -0.4 is 10.6 Å². The van der Waals surface area contributed by atoms with Gasteiger partial charge in [0.1, 0.15) is 12.4 Å². The highest BCUT2D eigenvalue weighted by atomic mass is 16.2. The van der Waals surface area contributed by atoms with Gasteiger partial charge in [-0.3, -0.25) is 15.0 Å². The minimum atomic E-state index is -0.324. The number of aryl methyl sites for hydroxylation is 1. The van der Waals surface area contributed by atoms with Crippen LogP contribution >= 0.6 is 0 Å². The zero-order chi connectivity index (χ0) is 11.5. The summed E-state index contributed by atoms with van der Waals surface area (Å²) in [5, 5.41) is 5.17. The first kappa shape index (κ1) is 10.4. The van der Waals surface area contributed by atoms with Crippen LogP contribution in [0.4, 0.5) is 10.6 Å². The van der Waals surface area contributed by atoms with E-state index in [4.69, 9.17) is 0 Å². The van der Waals surface area contributed by atoms with Gasteiger partial charge in [0.2, 0.25) is 5.91 Å². The minimum Gasteiger partial charge on any atom is -0.337 e. The van der Waals surface area contributed by atoms with Gasteiger partial charge >= 0.3 is 6.03 Å². The van der Waals surface area contributed by atoms with E-state index in [2.05, 4.69) is 15.6 Å². The number of nitrogens with one attached hydrogen (secondary N) is 2. The Kier molecular flexibility index (Phi) is 2.72. The molecule has 1 saturated heterocycles. The average Bonchev–Trinajstić information content (AvgIpc) is 2.68. The van der Waals surface area contributed by atoms with Gasteiger partial charge in [-0.15, -0.1) is 0 Å². The first-order valence-electron chi connectivity index (χ1n) is 4.90. The van der Waals surface area contributed by atoms with Crippen LogP contribution in [0.2, 0.25) is 0 Å². The number of hydrogen-bond acceptors (Lipinski definition) is 3. The van der Waals surface area contributed by atoms with Gasteiger partial charge in [-0.1, -0.05) is 6.07 Å². The Hall–Kier alpha value is -2.11. The molecule has 0 saturated carbocycles. The number of nitrogens with zero attached hydrogens (tertiary/aromatic N) is 2. The molecule has 0 aromatic carbocycles. The summed E-state index contributed by atoms with van der Waals surface area (Å²) in [4.78, 5) is 28.0. The zero-order valence-corrected chi connectivity index (χ0v) is 8.86. The molecule has 16 heavy (non-hydrogen) atoms. The minimum absolute atomic E-state index is 0.0949. The van der Waals surface area contributed by atoms with E-state index in [9.17, 15) is 9.59 Å². The van der Waals surface area contributed by atoms with Crippen LogP contribution in [-0.4, -0.2) is 35.0 Å². The van der Waals surface area contributed by atoms with E-state index in [1.54, 1.807) is 12.3 Å². The molecule has 2 rings (SSSR count). The fourth-order valence-electron chi connectivity index (χ4n) is 1.34. The number of amides is 3. The topological polar surface area (TPSA) is 74.3 Å². The molecule has 6 heteroatoms. The molecule has 84 valence electrons. The van der Waals surface area contributed by atoms with Crippen molar-refractivity contribution in [3.63, 3.8) is 0 Å². The number of carbonyl (C=O) groups is 2. The van der Waals surface area contributed by atoms with E-state index in [1.807, 2.05) is 13.0 Å². The third kappa shape index (κ3) is 2.28. The van der Waals surface area contributed by atoms with Crippen molar-refractivity contribution in [2.24, 2.45) is 0 Å². The molecule has 0 radical (unpaired) electrons. The number of hydrogen-bond donors (Lipinski definition) is 2. The molecule has 1 aromatic rings. The van der Waals surface area contributed by atoms with Crippen molar-refractivity contribution < 1.29 is 9.59 Å². The van der Waals surface area contributed by atoms with Crippen LogP contribution in [0.25, 0.3) is 0 Å². The number of pyridine rings is 1. The van der Waals surface area contributed by atoms with Gasteiger partial charge in [-0.2, -0.15) is 0 Å². The number of anilines is 1. The molecule has 0 aliphatic carbocycles. The Morgan fingerprint density at radius 2 is 2.38 bits per heavy atom. The Morgan fingerprint density at radius 1 is 1.56 bits per heavy atom. The molecule has 0 unspecified atom stereocenters. The highest BCUT2D eigenvalue weighted by Crippen LogP contribution is 2.06. The van der Waals surface area contributed by atoms with Gasteiger partial charge in [0.25, 0.3) is 0 Å². The molecule has 1 aliphatic heterocycles. The van der Waals surface area contributed by atoms with Crippen LogP contribution in [-0.2, 0) is 4.79 Å². The summed E-state index contributed by atoms with van der Waals surface area (Å²) in [5.41, 5.74) is 1.02. The second-order valence-electron chi connectivity index (χ2n) is 3.61. The summed E-state index contributed by atoms with van der Waals surface area (Å²) in [5.74, 6) is 0.335. The van der Waals surface area contributed by atoms with Crippen LogP contribution in [0, 0.1) is 6.92 Å². The summed E-state index contributed by atoms with van der Waals surface area (Å²) >= 11 is 0. The van der Waals surface area contributed by atoms with E-state index in [0.717, 1.165) is 5.56 Å². The van der Waals surface area contributed by atoms with Crippen LogP contribution in [0.15, 0.2) is 18.3 Å². The Labute approximate surface area is 92.7 Å². The highest BCUT2D eigenvalue weighted by Gasteiger charge is 2.23. The second kappa shape index (κ2) is 4.18. The lowest BCUT2D eigenvalue weighted by atomic mass is 10.3. The van der Waals surface area contributed by atoms with Crippen molar-refractivity contribution in [2.75, 3.05) is 18.5 Å². The van der Waals surface area contributed by atoms with E-state index in [0.29, 0.717) is 5.82 Å². The van der Waals surface area contributed by atoms with Crippen molar-refractivity contribution in [1.29, 1.82) is 0 Å². The third-order valence-corrected chi connectivity index (χ3v) is 2.24. The molecule has 0 atom stereocenters. The van der Waals surface area contributed by atoms with Crippen molar-refractivity contribution in [3.05, 3.63) is 23.9 Å². The van der Waals surface area contributed by atoms with E-state index in [1.165, 1.54) is 4.90 Å². The summed E-state index contributed by atoms with van der Waals surface area (Å²) in [6.45, 7) is 2.26. The SMILES string of the molecule is Cc1ccc(NC(=O)N2CNC(=O)C2)nc1. The molecule has 1 fully saturated rings. The van der Waals surface area contributed by atoms with Crippen molar-refractivity contribution in [3.8, 4) is 0 Å². The number of carbonyl (C=O) groups excluding carboxylic acids is 2. The number of rotatable bonds is 1. The molecule has 3 amide bonds. The Bertz CT molecular complexity index is 415. The third-order valence-electron chi connectivity index (χ3n) is 2.24. The Balaban J connectivity index is 1.97. The highest BCUT2D eigenvalue weighted by molar-refractivity contribution is 5.93. The lowest BCUT2D eigenvalue weighted by Crippen LogP contribution is -2.34. The number of urea groups is 1. The van der Waals surface area contributed by atoms with Gasteiger partial charge in [-0.25, -0.2) is 9.78 Å². The normalized spacial score (nSPS) is 14.8. The fraction of sp³-hybridized carbons (Fsp3) is 0.300. The summed E-state index contributed by atoms with van der Waals surface area (Å²) < 4.78 is 0. The first-order chi connectivity index (χ1) is 7.65. The quantitative estimate of drug-likeness (QED) is 0.715. The maximum atomic E-state index is 11.6. The molecular weight excluding hydrogens is 208 g/mol. The maximum Gasteiger partial charge on any atom is 0.324 e. The lowest BCUT2D eigenvalue weighted by Gasteiger charge is -2.13. The van der Waals surface area contributed by atoms with E-state index in [-0.39, 0.29) is 25.2 Å². The number of aromatic nitrogens is 1. The molecule has 1 aromatic heterocycles. The lowest BCUT2D eigenvalue weighted by molar-refractivity contribution is -0.118. The maximum absolute atomic E-state index is 11.6. The van der Waals surface area contributed by atoms with Gasteiger partial charge in [0, 0.05) is 6.20 Å². The molecule has 0 spiro atoms. The van der Waals surface area contributed by atoms with Crippen molar-refractivity contribution in [1.82, 2.24) is 15.2 Å². The predicted molar refractivity (Wildman–Crippen MR) is 57.7 cm³/mol. The summed E-state index contributed by atoms with van der Waals surface area (Å²) in [7, 11) is 0. The molecule has 6 nitrogen and oxygen atoms in total. The smallest absolute Gasteiger partial charge is 0.324 e. The summed E-state index contributed by atoms with van der Waals surface area (Å²) in [6, 6.07) is 3.25. The van der Waals surface area contributed by atoms with Gasteiger partial charge in [0.05, 0.1) is 6.67 Å². The second-order valence-corrected chi connectivity index (χ2v) is 3.61. The summed E-state index contributed by atoms with van der Waals surface area (Å²) in [6.07, 6.45) is 1.67. The largest absolute Gasteiger partial charge is 0.337 e. The predicted octanol–water partition coefficient (Wildman–Crippen LogP) is 0.311. The molecule has 2 heterocycles. The van der Waals surface area contributed by atoms with E-state index >= 15 is 0 Å². The van der Waals surface area contributed by atoms with Gasteiger partial charge in [0.15, 0.2) is 0 Å². The van der Waals surface area contributed by atoms with Crippen LogP contribution in [0.5, 0.6) is 0 Å². The molecule has 1 aliphatic rings. The van der Waals surface area contributed by atoms with Gasteiger partial charge in [-0.05, 0) is 18.6 Å². The Morgan fingerprint density at radius 3 is 2.94 bits per heavy atom. The monoisotopic (exact) mass is 220 g/mol. The van der Waals surface area contributed by atoms with Crippen LogP contribution in [0.1, 0.15) is 5.56 Å². The zero-order valence-electron chi connectivity index (χ0n) is 8.86.